The lowest BCUT2D eigenvalue weighted by Crippen LogP contribution is -2.08. The number of aryl methyl sites for hydroxylation is 1. The SMILES string of the molecule is Cc1ccc2c(c1C)Oc1c(C)c(C)c(O)c(O)c1C2. The number of phenols is 2. The maximum Gasteiger partial charge on any atom is 0.165 e. The largest absolute Gasteiger partial charge is 0.504 e. The molecule has 0 bridgehead atoms. The van der Waals surface area contributed by atoms with Crippen LogP contribution in [0.4, 0.5) is 0 Å². The van der Waals surface area contributed by atoms with Crippen molar-refractivity contribution in [1.82, 2.24) is 0 Å². The third-order valence-electron chi connectivity index (χ3n) is 4.37. The minimum atomic E-state index is -0.0630. The van der Waals surface area contributed by atoms with Crippen LogP contribution in [-0.4, -0.2) is 10.2 Å². The lowest BCUT2D eigenvalue weighted by molar-refractivity contribution is 0.383. The second kappa shape index (κ2) is 4.17. The zero-order chi connectivity index (χ0) is 14.6. The monoisotopic (exact) mass is 270 g/mol. The minimum absolute atomic E-state index is 0.0443. The highest BCUT2D eigenvalue weighted by molar-refractivity contribution is 5.66. The Bertz CT molecular complexity index is 730. The van der Waals surface area contributed by atoms with Crippen molar-refractivity contribution in [3.05, 3.63) is 45.5 Å². The number of phenolic OH excluding ortho intramolecular Hbond substituents is 2. The molecule has 0 radical (unpaired) electrons. The average Bonchev–Trinajstić information content (AvgIpc) is 2.45. The molecular formula is C17H18O3. The van der Waals surface area contributed by atoms with Crippen LogP contribution in [0.15, 0.2) is 12.1 Å². The van der Waals surface area contributed by atoms with Gasteiger partial charge in [-0.1, -0.05) is 12.1 Å². The summed E-state index contributed by atoms with van der Waals surface area (Å²) in [6, 6.07) is 4.08. The smallest absolute Gasteiger partial charge is 0.165 e. The van der Waals surface area contributed by atoms with Crippen LogP contribution >= 0.6 is 0 Å². The van der Waals surface area contributed by atoms with Gasteiger partial charge >= 0.3 is 0 Å². The number of benzene rings is 2. The molecular weight excluding hydrogens is 252 g/mol. The van der Waals surface area contributed by atoms with E-state index in [-0.39, 0.29) is 11.5 Å². The van der Waals surface area contributed by atoms with Gasteiger partial charge < -0.3 is 14.9 Å². The average molecular weight is 270 g/mol. The van der Waals surface area contributed by atoms with Crippen LogP contribution in [-0.2, 0) is 6.42 Å². The molecule has 0 saturated heterocycles. The van der Waals surface area contributed by atoms with E-state index in [2.05, 4.69) is 13.0 Å². The van der Waals surface area contributed by atoms with Gasteiger partial charge in [0.1, 0.15) is 11.5 Å². The Balaban J connectivity index is 2.26. The van der Waals surface area contributed by atoms with E-state index in [1.165, 1.54) is 5.56 Å². The van der Waals surface area contributed by atoms with E-state index in [4.69, 9.17) is 4.74 Å². The number of rotatable bonds is 0. The second-order valence-corrected chi connectivity index (χ2v) is 5.53. The van der Waals surface area contributed by atoms with Gasteiger partial charge in [-0.3, -0.25) is 0 Å². The summed E-state index contributed by atoms with van der Waals surface area (Å²) in [6.45, 7) is 7.79. The number of hydrogen-bond acceptors (Lipinski definition) is 3. The summed E-state index contributed by atoms with van der Waals surface area (Å²) in [4.78, 5) is 0. The van der Waals surface area contributed by atoms with Gasteiger partial charge in [-0.2, -0.15) is 0 Å². The number of hydrogen-bond donors (Lipinski definition) is 2. The van der Waals surface area contributed by atoms with Crippen LogP contribution in [0.1, 0.15) is 33.4 Å². The van der Waals surface area contributed by atoms with Gasteiger partial charge in [0, 0.05) is 17.5 Å². The lowest BCUT2D eigenvalue weighted by atomic mass is 9.92. The van der Waals surface area contributed by atoms with E-state index >= 15 is 0 Å². The molecule has 3 rings (SSSR count). The fraction of sp³-hybridized carbons (Fsp3) is 0.294. The zero-order valence-corrected chi connectivity index (χ0v) is 12.2. The van der Waals surface area contributed by atoms with Crippen molar-refractivity contribution in [3.8, 4) is 23.0 Å². The predicted molar refractivity (Wildman–Crippen MR) is 78.0 cm³/mol. The van der Waals surface area contributed by atoms with Gasteiger partial charge in [0.05, 0.1) is 0 Å². The van der Waals surface area contributed by atoms with Crippen LogP contribution in [0.25, 0.3) is 0 Å². The molecule has 0 fully saturated rings. The van der Waals surface area contributed by atoms with Gasteiger partial charge in [0.2, 0.25) is 0 Å². The van der Waals surface area contributed by atoms with Crippen LogP contribution in [0.5, 0.6) is 23.0 Å². The number of ether oxygens (including phenoxy) is 1. The van der Waals surface area contributed by atoms with Crippen molar-refractivity contribution in [2.24, 2.45) is 0 Å². The van der Waals surface area contributed by atoms with Gasteiger partial charge in [-0.25, -0.2) is 0 Å². The van der Waals surface area contributed by atoms with Crippen molar-refractivity contribution in [3.63, 3.8) is 0 Å². The molecule has 104 valence electrons. The van der Waals surface area contributed by atoms with Crippen molar-refractivity contribution >= 4 is 0 Å². The Kier molecular flexibility index (Phi) is 2.68. The first-order chi connectivity index (χ1) is 9.41. The molecule has 0 aromatic heterocycles. The van der Waals surface area contributed by atoms with E-state index in [1.807, 2.05) is 19.9 Å². The Morgan fingerprint density at radius 2 is 1.55 bits per heavy atom. The summed E-state index contributed by atoms with van der Waals surface area (Å²) in [5, 5.41) is 20.2. The van der Waals surface area contributed by atoms with Gasteiger partial charge in [0.15, 0.2) is 11.5 Å². The summed E-state index contributed by atoms with van der Waals surface area (Å²) in [5.74, 6) is 1.45. The Hall–Kier alpha value is -2.16. The highest BCUT2D eigenvalue weighted by Crippen LogP contribution is 2.49. The van der Waals surface area contributed by atoms with E-state index in [9.17, 15) is 10.2 Å². The Morgan fingerprint density at radius 3 is 2.25 bits per heavy atom. The van der Waals surface area contributed by atoms with Crippen LogP contribution < -0.4 is 4.74 Å². The van der Waals surface area contributed by atoms with Gasteiger partial charge in [-0.15, -0.1) is 0 Å². The third kappa shape index (κ3) is 1.59. The molecule has 2 N–H and O–H groups in total. The van der Waals surface area contributed by atoms with E-state index < -0.39 is 0 Å². The van der Waals surface area contributed by atoms with Crippen LogP contribution in [0, 0.1) is 27.7 Å². The summed E-state index contributed by atoms with van der Waals surface area (Å²) >= 11 is 0. The number of aromatic hydroxyl groups is 2. The Morgan fingerprint density at radius 1 is 0.850 bits per heavy atom. The normalized spacial score (nSPS) is 12.6. The van der Waals surface area contributed by atoms with Crippen molar-refractivity contribution < 1.29 is 14.9 Å². The maximum absolute atomic E-state index is 10.2. The zero-order valence-electron chi connectivity index (χ0n) is 12.2. The third-order valence-corrected chi connectivity index (χ3v) is 4.37. The first-order valence-corrected chi connectivity index (χ1v) is 6.72. The molecule has 0 atom stereocenters. The van der Waals surface area contributed by atoms with Gasteiger partial charge in [0.25, 0.3) is 0 Å². The lowest BCUT2D eigenvalue weighted by Gasteiger charge is -2.26. The maximum atomic E-state index is 10.2. The predicted octanol–water partition coefficient (Wildman–Crippen LogP) is 4.03. The number of fused-ring (bicyclic) bond motifs is 2. The summed E-state index contributed by atoms with van der Waals surface area (Å²) in [6.07, 6.45) is 0.576. The fourth-order valence-corrected chi connectivity index (χ4v) is 2.72. The standard InChI is InChI=1S/C17H18O3/c1-8-5-6-12-7-13-15(19)14(18)10(3)11(4)17(13)20-16(12)9(8)2/h5-6,18-19H,7H2,1-4H3. The molecule has 0 amide bonds. The fourth-order valence-electron chi connectivity index (χ4n) is 2.72. The van der Waals surface area contributed by atoms with E-state index in [0.717, 1.165) is 22.4 Å². The molecule has 2 aromatic carbocycles. The second-order valence-electron chi connectivity index (χ2n) is 5.53. The topological polar surface area (TPSA) is 49.7 Å². The molecule has 0 aliphatic carbocycles. The van der Waals surface area contributed by atoms with Gasteiger partial charge in [-0.05, 0) is 49.9 Å². The molecule has 0 saturated carbocycles. The molecule has 20 heavy (non-hydrogen) atoms. The quantitative estimate of drug-likeness (QED) is 0.606. The molecule has 3 nitrogen and oxygen atoms in total. The van der Waals surface area contributed by atoms with Crippen molar-refractivity contribution in [2.45, 2.75) is 34.1 Å². The molecule has 1 heterocycles. The van der Waals surface area contributed by atoms with Crippen molar-refractivity contribution in [2.75, 3.05) is 0 Å². The summed E-state index contributed by atoms with van der Waals surface area (Å²) in [7, 11) is 0. The summed E-state index contributed by atoms with van der Waals surface area (Å²) in [5.41, 5.74) is 5.55. The Labute approximate surface area is 118 Å². The highest BCUT2D eigenvalue weighted by atomic mass is 16.5. The van der Waals surface area contributed by atoms with Crippen molar-refractivity contribution in [1.29, 1.82) is 0 Å². The first kappa shape index (κ1) is 12.9. The molecule has 1 aliphatic heterocycles. The summed E-state index contributed by atoms with van der Waals surface area (Å²) < 4.78 is 6.07. The first-order valence-electron chi connectivity index (χ1n) is 6.72. The highest BCUT2D eigenvalue weighted by Gasteiger charge is 2.27. The molecule has 0 unspecified atom stereocenters. The minimum Gasteiger partial charge on any atom is -0.504 e. The van der Waals surface area contributed by atoms with E-state index in [1.54, 1.807) is 6.92 Å². The molecule has 1 aliphatic rings. The van der Waals surface area contributed by atoms with Crippen LogP contribution in [0.3, 0.4) is 0 Å². The van der Waals surface area contributed by atoms with Crippen LogP contribution in [0.2, 0.25) is 0 Å². The molecule has 3 heteroatoms. The molecule has 0 spiro atoms. The van der Waals surface area contributed by atoms with E-state index in [0.29, 0.717) is 23.3 Å². The molecule has 2 aromatic rings.